The van der Waals surface area contributed by atoms with Crippen molar-refractivity contribution in [3.8, 4) is 0 Å². The first-order valence-electron chi connectivity index (χ1n) is 6.52. The molecule has 0 aliphatic heterocycles. The van der Waals surface area contributed by atoms with Crippen molar-refractivity contribution >= 4 is 12.1 Å². The molecule has 2 rings (SSSR count). The summed E-state index contributed by atoms with van der Waals surface area (Å²) < 4.78 is 5.19. The molecule has 1 amide bonds. The predicted molar refractivity (Wildman–Crippen MR) is 65.1 cm³/mol. The Hall–Kier alpha value is -1.26. The monoisotopic (exact) mass is 255 g/mol. The number of amides is 1. The summed E-state index contributed by atoms with van der Waals surface area (Å²) in [6.45, 7) is 5.44. The first kappa shape index (κ1) is 13.2. The quantitative estimate of drug-likeness (QED) is 0.791. The molecule has 0 bridgehead atoms. The van der Waals surface area contributed by atoms with Gasteiger partial charge in [0, 0.05) is 6.04 Å². The van der Waals surface area contributed by atoms with E-state index in [0.29, 0.717) is 5.92 Å². The summed E-state index contributed by atoms with van der Waals surface area (Å²) in [6, 6.07) is -0.0107. The zero-order valence-electron chi connectivity index (χ0n) is 11.1. The van der Waals surface area contributed by atoms with Crippen molar-refractivity contribution in [2.75, 3.05) is 0 Å². The fraction of sp³-hybridized carbons (Fsp3) is 0.846. The van der Waals surface area contributed by atoms with Crippen molar-refractivity contribution in [3.05, 3.63) is 0 Å². The topological polar surface area (TPSA) is 75.6 Å². The number of fused-ring (bicyclic) bond motifs is 1. The largest absolute Gasteiger partial charge is 0.481 e. The number of ether oxygens (including phenoxy) is 1. The lowest BCUT2D eigenvalue weighted by Crippen LogP contribution is -2.35. The van der Waals surface area contributed by atoms with Gasteiger partial charge in [0.25, 0.3) is 0 Å². The molecule has 0 heterocycles. The summed E-state index contributed by atoms with van der Waals surface area (Å²) in [5.41, 5.74) is -0.518. The highest BCUT2D eigenvalue weighted by Gasteiger charge is 2.58. The lowest BCUT2D eigenvalue weighted by atomic mass is 9.89. The van der Waals surface area contributed by atoms with Crippen LogP contribution in [0.4, 0.5) is 4.79 Å². The van der Waals surface area contributed by atoms with Crippen molar-refractivity contribution < 1.29 is 19.4 Å². The van der Waals surface area contributed by atoms with Gasteiger partial charge in [-0.25, -0.2) is 4.79 Å². The molecule has 4 atom stereocenters. The molecule has 0 radical (unpaired) electrons. The summed E-state index contributed by atoms with van der Waals surface area (Å²) in [5.74, 6) is -0.613. The molecule has 2 aliphatic carbocycles. The van der Waals surface area contributed by atoms with Crippen LogP contribution < -0.4 is 5.32 Å². The Morgan fingerprint density at radius 2 is 1.94 bits per heavy atom. The smallest absolute Gasteiger partial charge is 0.407 e. The van der Waals surface area contributed by atoms with Crippen LogP contribution in [0.15, 0.2) is 0 Å². The molecule has 0 spiro atoms. The molecule has 2 aliphatic rings. The van der Waals surface area contributed by atoms with E-state index in [1.54, 1.807) is 0 Å². The molecule has 2 N–H and O–H groups in total. The van der Waals surface area contributed by atoms with E-state index in [-0.39, 0.29) is 17.9 Å². The second-order valence-electron chi connectivity index (χ2n) is 6.29. The predicted octanol–water partition coefficient (Wildman–Crippen LogP) is 2.01. The van der Waals surface area contributed by atoms with E-state index in [2.05, 4.69) is 5.32 Å². The van der Waals surface area contributed by atoms with E-state index in [0.717, 1.165) is 19.3 Å². The van der Waals surface area contributed by atoms with Crippen LogP contribution in [-0.2, 0) is 9.53 Å². The standard InChI is InChI=1S/C13H21NO4/c1-13(2,3)18-12(17)14-10-7-5-4-6-8(9(7)10)11(15)16/h7-10H,4-6H2,1-3H3,(H,14,17)(H,15,16)/t7-,8?,9-,10+/m0/s1. The minimum atomic E-state index is -0.738. The van der Waals surface area contributed by atoms with Crippen LogP contribution >= 0.6 is 0 Å². The van der Waals surface area contributed by atoms with Gasteiger partial charge in [0.05, 0.1) is 5.92 Å². The maximum atomic E-state index is 11.6. The third-order valence-corrected chi connectivity index (χ3v) is 3.75. The minimum absolute atomic E-state index is 0.0107. The third kappa shape index (κ3) is 2.76. The van der Waals surface area contributed by atoms with E-state index < -0.39 is 17.7 Å². The molecule has 102 valence electrons. The van der Waals surface area contributed by atoms with Gasteiger partial charge in [-0.3, -0.25) is 4.79 Å². The summed E-state index contributed by atoms with van der Waals surface area (Å²) in [7, 11) is 0. The molecule has 0 aromatic heterocycles. The van der Waals surface area contributed by atoms with Crippen LogP contribution in [0.25, 0.3) is 0 Å². The van der Waals surface area contributed by atoms with Gasteiger partial charge in [0.1, 0.15) is 5.60 Å². The van der Waals surface area contributed by atoms with Gasteiger partial charge in [-0.05, 0) is 45.4 Å². The van der Waals surface area contributed by atoms with Crippen molar-refractivity contribution in [2.24, 2.45) is 17.8 Å². The van der Waals surface area contributed by atoms with Crippen LogP contribution in [0.5, 0.6) is 0 Å². The van der Waals surface area contributed by atoms with Gasteiger partial charge in [-0.1, -0.05) is 6.42 Å². The van der Waals surface area contributed by atoms with Crippen LogP contribution in [0.3, 0.4) is 0 Å². The average Bonchev–Trinajstić information content (AvgIpc) is 2.88. The summed E-state index contributed by atoms with van der Waals surface area (Å²) >= 11 is 0. The number of carboxylic acids is 1. The lowest BCUT2D eigenvalue weighted by Gasteiger charge is -2.20. The highest BCUT2D eigenvalue weighted by Crippen LogP contribution is 2.53. The average molecular weight is 255 g/mol. The summed E-state index contributed by atoms with van der Waals surface area (Å²) in [6.07, 6.45) is 2.23. The van der Waals surface area contributed by atoms with Crippen LogP contribution in [0.1, 0.15) is 40.0 Å². The molecule has 5 heteroatoms. The number of carboxylic acid groups (broad SMARTS) is 1. The molecule has 0 saturated heterocycles. The molecular formula is C13H21NO4. The Morgan fingerprint density at radius 3 is 2.50 bits per heavy atom. The summed E-state index contributed by atoms with van der Waals surface area (Å²) in [5, 5.41) is 11.9. The number of aliphatic carboxylic acids is 1. The number of alkyl carbamates (subject to hydrolysis) is 1. The second-order valence-corrected chi connectivity index (χ2v) is 6.29. The van der Waals surface area contributed by atoms with Gasteiger partial charge in [-0.2, -0.15) is 0 Å². The zero-order chi connectivity index (χ0) is 13.5. The normalized spacial score (nSPS) is 34.4. The zero-order valence-corrected chi connectivity index (χ0v) is 11.1. The summed E-state index contributed by atoms with van der Waals surface area (Å²) in [4.78, 5) is 22.8. The van der Waals surface area contributed by atoms with Crippen LogP contribution in [0, 0.1) is 17.8 Å². The minimum Gasteiger partial charge on any atom is -0.481 e. The molecule has 2 saturated carbocycles. The number of nitrogens with one attached hydrogen (secondary N) is 1. The lowest BCUT2D eigenvalue weighted by molar-refractivity contribution is -0.143. The Kier molecular flexibility index (Phi) is 3.25. The van der Waals surface area contributed by atoms with E-state index in [1.165, 1.54) is 0 Å². The molecule has 5 nitrogen and oxygen atoms in total. The van der Waals surface area contributed by atoms with Gasteiger partial charge in [-0.15, -0.1) is 0 Å². The molecular weight excluding hydrogens is 234 g/mol. The molecule has 2 fully saturated rings. The van der Waals surface area contributed by atoms with E-state index in [4.69, 9.17) is 9.84 Å². The maximum Gasteiger partial charge on any atom is 0.407 e. The first-order chi connectivity index (χ1) is 8.29. The SMILES string of the molecule is CC(C)(C)OC(=O)N[C@@H]1[C@H]2CCCC(C(=O)O)[C@H]21. The van der Waals surface area contributed by atoms with Crippen molar-refractivity contribution in [1.82, 2.24) is 5.32 Å². The van der Waals surface area contributed by atoms with E-state index >= 15 is 0 Å². The fourth-order valence-electron chi connectivity index (χ4n) is 3.02. The molecule has 0 aromatic rings. The highest BCUT2D eigenvalue weighted by molar-refractivity contribution is 5.73. The Balaban J connectivity index is 1.89. The van der Waals surface area contributed by atoms with Gasteiger partial charge < -0.3 is 15.2 Å². The number of carbonyl (C=O) groups excluding carboxylic acids is 1. The van der Waals surface area contributed by atoms with Gasteiger partial charge >= 0.3 is 12.1 Å². The second kappa shape index (κ2) is 4.44. The Bertz CT molecular complexity index is 360. The third-order valence-electron chi connectivity index (χ3n) is 3.75. The van der Waals surface area contributed by atoms with Crippen molar-refractivity contribution in [3.63, 3.8) is 0 Å². The Labute approximate surface area is 107 Å². The van der Waals surface area contributed by atoms with Crippen LogP contribution in [0.2, 0.25) is 0 Å². The van der Waals surface area contributed by atoms with Crippen LogP contribution in [-0.4, -0.2) is 28.8 Å². The van der Waals surface area contributed by atoms with Gasteiger partial charge in [0.15, 0.2) is 0 Å². The fourth-order valence-corrected chi connectivity index (χ4v) is 3.02. The molecule has 0 aromatic carbocycles. The van der Waals surface area contributed by atoms with E-state index in [1.807, 2.05) is 20.8 Å². The van der Waals surface area contributed by atoms with Crippen molar-refractivity contribution in [2.45, 2.75) is 51.7 Å². The maximum absolute atomic E-state index is 11.6. The first-order valence-corrected chi connectivity index (χ1v) is 6.52. The number of rotatable bonds is 2. The number of carbonyl (C=O) groups is 2. The van der Waals surface area contributed by atoms with Crippen molar-refractivity contribution in [1.29, 1.82) is 0 Å². The number of hydrogen-bond donors (Lipinski definition) is 2. The van der Waals surface area contributed by atoms with E-state index in [9.17, 15) is 9.59 Å². The van der Waals surface area contributed by atoms with Gasteiger partial charge in [0.2, 0.25) is 0 Å². The Morgan fingerprint density at radius 1 is 1.28 bits per heavy atom. The highest BCUT2D eigenvalue weighted by atomic mass is 16.6. The molecule has 18 heavy (non-hydrogen) atoms. The number of hydrogen-bond acceptors (Lipinski definition) is 3. The molecule has 1 unspecified atom stereocenters.